The molecule has 0 aromatic carbocycles. The lowest BCUT2D eigenvalue weighted by Crippen LogP contribution is -2.39. The minimum absolute atomic E-state index is 0.543. The fourth-order valence-corrected chi connectivity index (χ4v) is 2.40. The Bertz CT molecular complexity index is 520. The Hall–Kier alpha value is -2.01. The summed E-state index contributed by atoms with van der Waals surface area (Å²) in [6.07, 6.45) is 5.59. The van der Waals surface area contributed by atoms with E-state index in [9.17, 15) is 0 Å². The molecule has 1 fully saturated rings. The van der Waals surface area contributed by atoms with Crippen molar-refractivity contribution >= 4 is 5.82 Å². The molecule has 2 aromatic heterocycles. The van der Waals surface area contributed by atoms with Crippen molar-refractivity contribution in [3.63, 3.8) is 0 Å². The molecule has 104 valence electrons. The van der Waals surface area contributed by atoms with Gasteiger partial charge in [0.05, 0.1) is 5.69 Å². The van der Waals surface area contributed by atoms with Crippen LogP contribution in [0.4, 0.5) is 5.82 Å². The van der Waals surface area contributed by atoms with Crippen LogP contribution in [0.1, 0.15) is 19.3 Å². The minimum atomic E-state index is 0.543. The quantitative estimate of drug-likeness (QED) is 0.890. The minimum Gasteiger partial charge on any atom is -0.367 e. The molecule has 1 aliphatic heterocycles. The van der Waals surface area contributed by atoms with E-state index < -0.39 is 0 Å². The molecule has 3 heterocycles. The Labute approximate surface area is 118 Å². The Morgan fingerprint density at radius 1 is 1.10 bits per heavy atom. The summed E-state index contributed by atoms with van der Waals surface area (Å²) in [4.78, 5) is 4.27. The fraction of sp³-hybridized carbons (Fsp3) is 0.400. The molecule has 5 heteroatoms. The summed E-state index contributed by atoms with van der Waals surface area (Å²) >= 11 is 0. The average molecular weight is 269 g/mol. The van der Waals surface area contributed by atoms with Crippen LogP contribution in [-0.2, 0) is 0 Å². The first-order chi connectivity index (χ1) is 9.92. The van der Waals surface area contributed by atoms with Crippen molar-refractivity contribution in [1.29, 1.82) is 0 Å². The highest BCUT2D eigenvalue weighted by atomic mass is 15.2. The number of piperidine rings is 1. The summed E-state index contributed by atoms with van der Waals surface area (Å²) in [5, 5.41) is 15.3. The Morgan fingerprint density at radius 2 is 2.10 bits per heavy atom. The normalized spacial score (nSPS) is 18.7. The van der Waals surface area contributed by atoms with Crippen molar-refractivity contribution in [3.8, 4) is 11.4 Å². The summed E-state index contributed by atoms with van der Waals surface area (Å²) in [7, 11) is 0. The van der Waals surface area contributed by atoms with E-state index in [0.717, 1.165) is 30.3 Å². The summed E-state index contributed by atoms with van der Waals surface area (Å²) in [5.74, 6) is 0.817. The van der Waals surface area contributed by atoms with E-state index >= 15 is 0 Å². The van der Waals surface area contributed by atoms with Crippen LogP contribution in [0.2, 0.25) is 0 Å². The van der Waals surface area contributed by atoms with Crippen molar-refractivity contribution in [2.75, 3.05) is 18.4 Å². The van der Waals surface area contributed by atoms with Gasteiger partial charge < -0.3 is 10.6 Å². The van der Waals surface area contributed by atoms with Gasteiger partial charge in [0.25, 0.3) is 0 Å². The van der Waals surface area contributed by atoms with Crippen LogP contribution in [0, 0.1) is 0 Å². The molecule has 3 rings (SSSR count). The van der Waals surface area contributed by atoms with Gasteiger partial charge in [-0.1, -0.05) is 12.5 Å². The van der Waals surface area contributed by atoms with Gasteiger partial charge in [-0.2, -0.15) is 0 Å². The SMILES string of the molecule is c1ccc(-c2ccc(NCC3CCCCN3)nn2)nc1. The summed E-state index contributed by atoms with van der Waals surface area (Å²) in [5.41, 5.74) is 1.65. The largest absolute Gasteiger partial charge is 0.367 e. The molecule has 1 aliphatic rings. The monoisotopic (exact) mass is 269 g/mol. The first-order valence-electron chi connectivity index (χ1n) is 7.14. The smallest absolute Gasteiger partial charge is 0.148 e. The van der Waals surface area contributed by atoms with Crippen LogP contribution >= 0.6 is 0 Å². The van der Waals surface area contributed by atoms with E-state index in [0.29, 0.717) is 6.04 Å². The molecule has 0 radical (unpaired) electrons. The van der Waals surface area contributed by atoms with E-state index in [2.05, 4.69) is 25.8 Å². The molecule has 2 N–H and O–H groups in total. The third-order valence-corrected chi connectivity index (χ3v) is 3.53. The zero-order valence-corrected chi connectivity index (χ0v) is 11.4. The highest BCUT2D eigenvalue weighted by molar-refractivity contribution is 5.54. The number of rotatable bonds is 4. The number of pyridine rings is 1. The topological polar surface area (TPSA) is 62.7 Å². The van der Waals surface area contributed by atoms with Crippen molar-refractivity contribution in [2.45, 2.75) is 25.3 Å². The van der Waals surface area contributed by atoms with E-state index in [-0.39, 0.29) is 0 Å². The van der Waals surface area contributed by atoms with E-state index in [1.165, 1.54) is 19.3 Å². The van der Waals surface area contributed by atoms with Crippen LogP contribution in [0.25, 0.3) is 11.4 Å². The average Bonchev–Trinajstić information content (AvgIpc) is 2.55. The molecular weight excluding hydrogens is 250 g/mol. The van der Waals surface area contributed by atoms with E-state index in [1.807, 2.05) is 30.3 Å². The van der Waals surface area contributed by atoms with Crippen molar-refractivity contribution in [3.05, 3.63) is 36.5 Å². The molecule has 0 spiro atoms. The maximum Gasteiger partial charge on any atom is 0.148 e. The van der Waals surface area contributed by atoms with Crippen molar-refractivity contribution < 1.29 is 0 Å². The number of nitrogens with zero attached hydrogens (tertiary/aromatic N) is 3. The summed E-state index contributed by atoms with van der Waals surface area (Å²) < 4.78 is 0. The highest BCUT2D eigenvalue weighted by Gasteiger charge is 2.12. The van der Waals surface area contributed by atoms with Crippen LogP contribution in [0.3, 0.4) is 0 Å². The predicted octanol–water partition coefficient (Wildman–Crippen LogP) is 2.09. The second kappa shape index (κ2) is 6.43. The molecule has 1 atom stereocenters. The standard InChI is InChI=1S/C15H19N5/c1-3-9-16-12(5-1)11-18-15-8-7-14(19-20-15)13-6-2-4-10-17-13/h2,4,6-8,10,12,16H,1,3,5,9,11H2,(H,18,20). The van der Waals surface area contributed by atoms with Crippen molar-refractivity contribution in [2.24, 2.45) is 0 Å². The Balaban J connectivity index is 1.58. The number of hydrogen-bond acceptors (Lipinski definition) is 5. The molecule has 0 aliphatic carbocycles. The third kappa shape index (κ3) is 3.30. The number of hydrogen-bond donors (Lipinski definition) is 2. The Kier molecular flexibility index (Phi) is 4.18. The number of anilines is 1. The van der Waals surface area contributed by atoms with Crippen LogP contribution < -0.4 is 10.6 Å². The zero-order chi connectivity index (χ0) is 13.6. The lowest BCUT2D eigenvalue weighted by Gasteiger charge is -2.23. The van der Waals surface area contributed by atoms with Gasteiger partial charge in [-0.25, -0.2) is 0 Å². The molecule has 1 unspecified atom stereocenters. The second-order valence-electron chi connectivity index (χ2n) is 5.05. The molecule has 0 bridgehead atoms. The summed E-state index contributed by atoms with van der Waals surface area (Å²) in [6, 6.07) is 10.2. The van der Waals surface area contributed by atoms with Gasteiger partial charge in [0.2, 0.25) is 0 Å². The second-order valence-corrected chi connectivity index (χ2v) is 5.05. The molecule has 0 saturated carbocycles. The van der Waals surface area contributed by atoms with Crippen LogP contribution in [0.5, 0.6) is 0 Å². The van der Waals surface area contributed by atoms with E-state index in [4.69, 9.17) is 0 Å². The first kappa shape index (κ1) is 13.0. The molecule has 2 aromatic rings. The molecule has 0 amide bonds. The van der Waals surface area contributed by atoms with Crippen molar-refractivity contribution in [1.82, 2.24) is 20.5 Å². The van der Waals surface area contributed by atoms with Gasteiger partial charge in [-0.05, 0) is 43.7 Å². The molecule has 5 nitrogen and oxygen atoms in total. The van der Waals surface area contributed by atoms with Gasteiger partial charge in [0.15, 0.2) is 0 Å². The third-order valence-electron chi connectivity index (χ3n) is 3.53. The highest BCUT2D eigenvalue weighted by Crippen LogP contribution is 2.14. The number of aromatic nitrogens is 3. The first-order valence-corrected chi connectivity index (χ1v) is 7.14. The number of nitrogens with one attached hydrogen (secondary N) is 2. The zero-order valence-electron chi connectivity index (χ0n) is 11.4. The Morgan fingerprint density at radius 3 is 2.80 bits per heavy atom. The lowest BCUT2D eigenvalue weighted by atomic mass is 10.1. The molecular formula is C15H19N5. The van der Waals surface area contributed by atoms with E-state index in [1.54, 1.807) is 6.20 Å². The maximum atomic E-state index is 4.27. The lowest BCUT2D eigenvalue weighted by molar-refractivity contribution is 0.414. The molecule has 20 heavy (non-hydrogen) atoms. The van der Waals surface area contributed by atoms with Crippen LogP contribution in [-0.4, -0.2) is 34.3 Å². The maximum absolute atomic E-state index is 4.27. The molecule has 1 saturated heterocycles. The van der Waals surface area contributed by atoms with Crippen LogP contribution in [0.15, 0.2) is 36.5 Å². The van der Waals surface area contributed by atoms with Gasteiger partial charge in [0.1, 0.15) is 11.5 Å². The predicted molar refractivity (Wildman–Crippen MR) is 79.4 cm³/mol. The van der Waals surface area contributed by atoms with Gasteiger partial charge in [-0.15, -0.1) is 10.2 Å². The summed E-state index contributed by atoms with van der Waals surface area (Å²) in [6.45, 7) is 2.02. The van der Waals surface area contributed by atoms with Gasteiger partial charge in [0, 0.05) is 18.8 Å². The van der Waals surface area contributed by atoms with Gasteiger partial charge in [-0.3, -0.25) is 4.98 Å². The van der Waals surface area contributed by atoms with Gasteiger partial charge >= 0.3 is 0 Å². The fourth-order valence-electron chi connectivity index (χ4n) is 2.40.